The van der Waals surface area contributed by atoms with Gasteiger partial charge in [-0.3, -0.25) is 0 Å². The molecule has 2 saturated heterocycles. The van der Waals surface area contributed by atoms with E-state index in [0.717, 1.165) is 19.5 Å². The molecule has 2 heterocycles. The Morgan fingerprint density at radius 2 is 2.08 bits per heavy atom. The smallest absolute Gasteiger partial charge is 0.314 e. The maximum atomic E-state index is 10.9. The molecule has 2 aliphatic rings. The third kappa shape index (κ3) is 1.39. The molecule has 2 unspecified atom stereocenters. The fourth-order valence-electron chi connectivity index (χ4n) is 2.14. The molecule has 2 rings (SSSR count). The van der Waals surface area contributed by atoms with Gasteiger partial charge >= 0.3 is 6.03 Å². The van der Waals surface area contributed by atoms with E-state index in [1.54, 1.807) is 4.90 Å². The molecule has 0 aliphatic carbocycles. The third-order valence-corrected chi connectivity index (χ3v) is 2.83. The lowest BCUT2D eigenvalue weighted by atomic mass is 10.1. The molecule has 2 amide bonds. The number of hydrogen-bond acceptors (Lipinski definition) is 2. The van der Waals surface area contributed by atoms with Crippen LogP contribution in [0.15, 0.2) is 0 Å². The van der Waals surface area contributed by atoms with E-state index in [2.05, 4.69) is 5.32 Å². The van der Waals surface area contributed by atoms with Crippen LogP contribution < -0.4 is 11.1 Å². The number of fused-ring (bicyclic) bond motifs is 2. The number of nitrogens with zero attached hydrogens (tertiary/aromatic N) is 1. The van der Waals surface area contributed by atoms with Gasteiger partial charge in [0.2, 0.25) is 0 Å². The SMILES string of the molecule is NC(=O)N1CCC2CCC(C1)N2. The van der Waals surface area contributed by atoms with Gasteiger partial charge in [0.15, 0.2) is 0 Å². The van der Waals surface area contributed by atoms with Crippen LogP contribution >= 0.6 is 0 Å². The standard InChI is InChI=1S/C8H15N3O/c9-8(12)11-4-3-6-1-2-7(5-11)10-6/h6-7,10H,1-5H2,(H2,9,12). The van der Waals surface area contributed by atoms with E-state index in [9.17, 15) is 4.79 Å². The van der Waals surface area contributed by atoms with Crippen molar-refractivity contribution in [3.8, 4) is 0 Å². The molecule has 0 saturated carbocycles. The summed E-state index contributed by atoms with van der Waals surface area (Å²) in [5, 5.41) is 3.49. The second kappa shape index (κ2) is 2.94. The van der Waals surface area contributed by atoms with Gasteiger partial charge in [-0.1, -0.05) is 0 Å². The topological polar surface area (TPSA) is 58.4 Å². The molecule has 0 spiro atoms. The molecule has 4 nitrogen and oxygen atoms in total. The highest BCUT2D eigenvalue weighted by Crippen LogP contribution is 2.19. The van der Waals surface area contributed by atoms with Crippen LogP contribution in [0, 0.1) is 0 Å². The van der Waals surface area contributed by atoms with Crippen LogP contribution in [0.4, 0.5) is 4.79 Å². The first kappa shape index (κ1) is 7.86. The van der Waals surface area contributed by atoms with Gasteiger partial charge in [-0.15, -0.1) is 0 Å². The van der Waals surface area contributed by atoms with E-state index in [4.69, 9.17) is 5.73 Å². The van der Waals surface area contributed by atoms with Crippen molar-refractivity contribution in [3.05, 3.63) is 0 Å². The summed E-state index contributed by atoms with van der Waals surface area (Å²) in [7, 11) is 0. The van der Waals surface area contributed by atoms with Crippen LogP contribution in [0.2, 0.25) is 0 Å². The van der Waals surface area contributed by atoms with Gasteiger partial charge in [0, 0.05) is 25.2 Å². The minimum absolute atomic E-state index is 0.274. The summed E-state index contributed by atoms with van der Waals surface area (Å²) < 4.78 is 0. The van der Waals surface area contributed by atoms with Crippen molar-refractivity contribution in [2.45, 2.75) is 31.3 Å². The number of nitrogens with two attached hydrogens (primary N) is 1. The zero-order chi connectivity index (χ0) is 8.55. The lowest BCUT2D eigenvalue weighted by molar-refractivity contribution is 0.204. The Balaban J connectivity index is 2.00. The Labute approximate surface area is 72.1 Å². The predicted molar refractivity (Wildman–Crippen MR) is 45.7 cm³/mol. The van der Waals surface area contributed by atoms with Crippen LogP contribution in [0.5, 0.6) is 0 Å². The summed E-state index contributed by atoms with van der Waals surface area (Å²) in [5.41, 5.74) is 5.23. The molecule has 68 valence electrons. The zero-order valence-corrected chi connectivity index (χ0v) is 7.12. The summed E-state index contributed by atoms with van der Waals surface area (Å²) in [5.74, 6) is 0. The zero-order valence-electron chi connectivity index (χ0n) is 7.12. The van der Waals surface area contributed by atoms with Gasteiger partial charge in [0.25, 0.3) is 0 Å². The van der Waals surface area contributed by atoms with E-state index in [-0.39, 0.29) is 6.03 Å². The number of carbonyl (C=O) groups excluding carboxylic acids is 1. The van der Waals surface area contributed by atoms with Crippen LogP contribution in [0.3, 0.4) is 0 Å². The minimum atomic E-state index is -0.274. The molecule has 3 N–H and O–H groups in total. The van der Waals surface area contributed by atoms with E-state index >= 15 is 0 Å². The summed E-state index contributed by atoms with van der Waals surface area (Å²) in [4.78, 5) is 12.7. The first-order chi connectivity index (χ1) is 5.75. The molecule has 2 aliphatic heterocycles. The van der Waals surface area contributed by atoms with Crippen molar-refractivity contribution in [3.63, 3.8) is 0 Å². The molecule has 0 aromatic rings. The lowest BCUT2D eigenvalue weighted by Crippen LogP contribution is -2.41. The monoisotopic (exact) mass is 169 g/mol. The molecule has 12 heavy (non-hydrogen) atoms. The Hall–Kier alpha value is -0.770. The van der Waals surface area contributed by atoms with Crippen LogP contribution in [-0.4, -0.2) is 36.1 Å². The van der Waals surface area contributed by atoms with Gasteiger partial charge in [-0.2, -0.15) is 0 Å². The second-order valence-electron chi connectivity index (χ2n) is 3.71. The molecule has 4 heteroatoms. The van der Waals surface area contributed by atoms with Crippen molar-refractivity contribution >= 4 is 6.03 Å². The molecule has 0 radical (unpaired) electrons. The fraction of sp³-hybridized carbons (Fsp3) is 0.875. The van der Waals surface area contributed by atoms with Gasteiger partial charge in [0.05, 0.1) is 0 Å². The first-order valence-electron chi connectivity index (χ1n) is 4.56. The first-order valence-corrected chi connectivity index (χ1v) is 4.56. The number of hydrogen-bond donors (Lipinski definition) is 2. The van der Waals surface area contributed by atoms with E-state index < -0.39 is 0 Å². The highest BCUT2D eigenvalue weighted by molar-refractivity contribution is 5.72. The van der Waals surface area contributed by atoms with Crippen molar-refractivity contribution < 1.29 is 4.79 Å². The molecule has 2 fully saturated rings. The normalized spacial score (nSPS) is 34.8. The third-order valence-electron chi connectivity index (χ3n) is 2.83. The van der Waals surface area contributed by atoms with Crippen LogP contribution in [-0.2, 0) is 0 Å². The Kier molecular flexibility index (Phi) is 1.92. The van der Waals surface area contributed by atoms with E-state index in [0.29, 0.717) is 12.1 Å². The number of primary amides is 1. The molecule has 0 aromatic carbocycles. The Morgan fingerprint density at radius 1 is 1.33 bits per heavy atom. The Morgan fingerprint density at radius 3 is 2.83 bits per heavy atom. The summed E-state index contributed by atoms with van der Waals surface area (Å²) >= 11 is 0. The fourth-order valence-corrected chi connectivity index (χ4v) is 2.14. The van der Waals surface area contributed by atoms with Crippen molar-refractivity contribution in [2.75, 3.05) is 13.1 Å². The lowest BCUT2D eigenvalue weighted by Gasteiger charge is -2.21. The largest absolute Gasteiger partial charge is 0.351 e. The molecule has 0 aromatic heterocycles. The number of likely N-dealkylation sites (tertiary alicyclic amines) is 1. The van der Waals surface area contributed by atoms with E-state index in [1.807, 2.05) is 0 Å². The van der Waals surface area contributed by atoms with Gasteiger partial charge in [-0.25, -0.2) is 4.79 Å². The second-order valence-corrected chi connectivity index (χ2v) is 3.71. The van der Waals surface area contributed by atoms with Crippen molar-refractivity contribution in [1.29, 1.82) is 0 Å². The number of amides is 2. The number of rotatable bonds is 0. The van der Waals surface area contributed by atoms with Gasteiger partial charge < -0.3 is 16.0 Å². The summed E-state index contributed by atoms with van der Waals surface area (Å²) in [6, 6.07) is 0.841. The maximum absolute atomic E-state index is 10.9. The number of urea groups is 1. The predicted octanol–water partition coefficient (Wildman–Crippen LogP) is -0.109. The van der Waals surface area contributed by atoms with E-state index in [1.165, 1.54) is 12.8 Å². The molecule has 2 bridgehead atoms. The summed E-state index contributed by atoms with van der Waals surface area (Å²) in [6.07, 6.45) is 3.51. The van der Waals surface area contributed by atoms with Gasteiger partial charge in [0.1, 0.15) is 0 Å². The number of carbonyl (C=O) groups is 1. The van der Waals surface area contributed by atoms with Crippen molar-refractivity contribution in [2.24, 2.45) is 5.73 Å². The average molecular weight is 169 g/mol. The van der Waals surface area contributed by atoms with Crippen molar-refractivity contribution in [1.82, 2.24) is 10.2 Å². The Bertz CT molecular complexity index is 195. The maximum Gasteiger partial charge on any atom is 0.314 e. The highest BCUT2D eigenvalue weighted by atomic mass is 16.2. The molecular formula is C8H15N3O. The van der Waals surface area contributed by atoms with Crippen LogP contribution in [0.1, 0.15) is 19.3 Å². The van der Waals surface area contributed by atoms with Crippen LogP contribution in [0.25, 0.3) is 0 Å². The molecule has 2 atom stereocenters. The summed E-state index contributed by atoms with van der Waals surface area (Å²) in [6.45, 7) is 1.62. The van der Waals surface area contributed by atoms with Gasteiger partial charge in [-0.05, 0) is 19.3 Å². The highest BCUT2D eigenvalue weighted by Gasteiger charge is 2.30. The average Bonchev–Trinajstić information content (AvgIpc) is 2.29. The molecular weight excluding hydrogens is 154 g/mol. The number of nitrogens with one attached hydrogen (secondary N) is 1. The quantitative estimate of drug-likeness (QED) is 0.531. The minimum Gasteiger partial charge on any atom is -0.351 e.